The van der Waals surface area contributed by atoms with Crippen molar-refractivity contribution in [2.24, 2.45) is 5.92 Å². The number of fused-ring (bicyclic) bond motifs is 1. The highest BCUT2D eigenvalue weighted by molar-refractivity contribution is 6.29. The summed E-state index contributed by atoms with van der Waals surface area (Å²) in [5.74, 6) is -1.43. The third-order valence-corrected chi connectivity index (χ3v) is 13.0. The van der Waals surface area contributed by atoms with Crippen molar-refractivity contribution in [2.75, 3.05) is 89.7 Å². The zero-order valence-electron chi connectivity index (χ0n) is 38.0. The summed E-state index contributed by atoms with van der Waals surface area (Å²) in [6.45, 7) is 13.1. The first-order valence-electron chi connectivity index (χ1n) is 23.1. The average Bonchev–Trinajstić information content (AvgIpc) is 3.36. The number of anilines is 1. The van der Waals surface area contributed by atoms with Crippen molar-refractivity contribution in [3.8, 4) is 11.1 Å². The van der Waals surface area contributed by atoms with Gasteiger partial charge in [-0.05, 0) is 66.1 Å². The van der Waals surface area contributed by atoms with E-state index in [9.17, 15) is 24.0 Å². The first-order chi connectivity index (χ1) is 32.1. The minimum atomic E-state index is -0.611. The van der Waals surface area contributed by atoms with Gasteiger partial charge in [0.25, 0.3) is 17.4 Å². The lowest BCUT2D eigenvalue weighted by molar-refractivity contribution is -0.134. The summed E-state index contributed by atoms with van der Waals surface area (Å²) >= 11 is 5.82. The quantitative estimate of drug-likeness (QED) is 0.145. The lowest BCUT2D eigenvalue weighted by Gasteiger charge is -2.40. The normalized spacial score (nSPS) is 16.2. The number of likely N-dealkylation sites (tertiary alicyclic amines) is 1. The minimum absolute atomic E-state index is 0.0200. The number of aromatic nitrogens is 3. The van der Waals surface area contributed by atoms with E-state index < -0.39 is 17.6 Å². The van der Waals surface area contributed by atoms with Crippen molar-refractivity contribution in [3.05, 3.63) is 123 Å². The van der Waals surface area contributed by atoms with Crippen LogP contribution in [0, 0.1) is 11.7 Å². The number of nitrogens with zero attached hydrogens (tertiary/aromatic N) is 7. The van der Waals surface area contributed by atoms with Crippen molar-refractivity contribution in [3.63, 3.8) is 0 Å². The highest BCUT2D eigenvalue weighted by atomic mass is 35.5. The maximum atomic E-state index is 15.1. The molecule has 5 aromatic rings. The number of rotatable bonds is 12. The number of aryl methyl sites for hydroxylation is 1. The molecule has 4 amide bonds. The van der Waals surface area contributed by atoms with E-state index in [1.54, 1.807) is 46.3 Å². The van der Waals surface area contributed by atoms with E-state index >= 15 is 4.39 Å². The molecule has 3 saturated heterocycles. The lowest BCUT2D eigenvalue weighted by Crippen LogP contribution is -2.55. The molecule has 5 heterocycles. The Balaban J connectivity index is 0.00000320. The van der Waals surface area contributed by atoms with Gasteiger partial charge < -0.3 is 24.9 Å². The molecule has 2 aromatic heterocycles. The van der Waals surface area contributed by atoms with Crippen LogP contribution in [0.15, 0.2) is 83.8 Å². The van der Waals surface area contributed by atoms with Crippen molar-refractivity contribution in [1.29, 1.82) is 0 Å². The van der Waals surface area contributed by atoms with E-state index in [0.29, 0.717) is 85.9 Å². The molecule has 3 aliphatic heterocycles. The Labute approximate surface area is 390 Å². The number of hydrogen-bond acceptors (Lipinski definition) is 9. The summed E-state index contributed by atoms with van der Waals surface area (Å²) in [6, 6.07) is 21.5. The topological polar surface area (TPSA) is 155 Å². The number of carbonyl (C=O) groups excluding carboxylic acids is 4. The van der Waals surface area contributed by atoms with Crippen LogP contribution in [0.1, 0.15) is 71.3 Å². The molecule has 3 aromatic carbocycles. The molecule has 16 heteroatoms. The molecule has 0 saturated carbocycles. The fraction of sp³-hybridized carbons (Fsp3) is 0.420. The predicted octanol–water partition coefficient (Wildman–Crippen LogP) is 5.94. The van der Waals surface area contributed by atoms with Crippen LogP contribution in [0.3, 0.4) is 0 Å². The molecule has 348 valence electrons. The Morgan fingerprint density at radius 1 is 0.758 bits per heavy atom. The van der Waals surface area contributed by atoms with Crippen LogP contribution < -0.4 is 10.9 Å². The molecule has 0 spiro atoms. The van der Waals surface area contributed by atoms with Gasteiger partial charge >= 0.3 is 0 Å². The van der Waals surface area contributed by atoms with Gasteiger partial charge in [-0.2, -0.15) is 5.10 Å². The smallest absolute Gasteiger partial charge is 0.274 e. The third kappa shape index (κ3) is 11.5. The Morgan fingerprint density at radius 2 is 1.44 bits per heavy atom. The van der Waals surface area contributed by atoms with Crippen molar-refractivity contribution >= 4 is 51.7 Å². The van der Waals surface area contributed by atoms with Gasteiger partial charge in [0.2, 0.25) is 11.8 Å². The number of amides is 4. The van der Waals surface area contributed by atoms with Crippen LogP contribution in [0.4, 0.5) is 10.1 Å². The van der Waals surface area contributed by atoms with Crippen molar-refractivity contribution < 1.29 is 23.6 Å². The molecule has 3 fully saturated rings. The number of benzene rings is 3. The number of piperazine rings is 2. The van der Waals surface area contributed by atoms with E-state index in [2.05, 4.69) is 49.4 Å². The molecule has 0 aliphatic carbocycles. The van der Waals surface area contributed by atoms with E-state index in [4.69, 9.17) is 11.6 Å². The van der Waals surface area contributed by atoms with E-state index in [1.807, 2.05) is 43.0 Å². The van der Waals surface area contributed by atoms with Gasteiger partial charge in [0.05, 0.1) is 28.9 Å². The summed E-state index contributed by atoms with van der Waals surface area (Å²) in [4.78, 5) is 79.7. The monoisotopic (exact) mass is 919 g/mol. The second kappa shape index (κ2) is 22.4. The Hall–Kier alpha value is -6.03. The maximum Gasteiger partial charge on any atom is 0.274 e. The molecule has 66 heavy (non-hydrogen) atoms. The van der Waals surface area contributed by atoms with Crippen LogP contribution in [0.2, 0.25) is 0 Å². The van der Waals surface area contributed by atoms with Crippen LogP contribution in [0.5, 0.6) is 0 Å². The lowest BCUT2D eigenvalue weighted by atomic mass is 9.95. The summed E-state index contributed by atoms with van der Waals surface area (Å²) in [5.41, 5.74) is 4.50. The van der Waals surface area contributed by atoms with Gasteiger partial charge in [-0.1, -0.05) is 69.3 Å². The number of hydrogen-bond donors (Lipinski definition) is 2. The van der Waals surface area contributed by atoms with Gasteiger partial charge in [0, 0.05) is 95.6 Å². The maximum absolute atomic E-state index is 15.1. The number of H-pyrrole nitrogens is 1. The fourth-order valence-electron chi connectivity index (χ4n) is 8.97. The van der Waals surface area contributed by atoms with Crippen LogP contribution in [-0.2, 0) is 22.4 Å². The number of alkyl halides is 1. The highest BCUT2D eigenvalue weighted by Gasteiger charge is 2.31. The Morgan fingerprint density at radius 3 is 2.15 bits per heavy atom. The number of carbonyl (C=O) groups is 4. The molecule has 3 aliphatic rings. The minimum Gasteiger partial charge on any atom is -0.338 e. The van der Waals surface area contributed by atoms with E-state index in [1.165, 1.54) is 11.6 Å². The van der Waals surface area contributed by atoms with Crippen LogP contribution >= 0.6 is 11.6 Å². The van der Waals surface area contributed by atoms with Gasteiger partial charge in [0.15, 0.2) is 5.69 Å². The number of pyridine rings is 1. The predicted molar refractivity (Wildman–Crippen MR) is 255 cm³/mol. The molecule has 2 N–H and O–H groups in total. The van der Waals surface area contributed by atoms with Crippen molar-refractivity contribution in [1.82, 2.24) is 39.7 Å². The summed E-state index contributed by atoms with van der Waals surface area (Å²) in [6.07, 6.45) is 4.59. The number of aromatic amines is 1. The van der Waals surface area contributed by atoms with Crippen molar-refractivity contribution in [2.45, 2.75) is 46.5 Å². The van der Waals surface area contributed by atoms with E-state index in [-0.39, 0.29) is 34.5 Å². The van der Waals surface area contributed by atoms with Gasteiger partial charge in [-0.25, -0.2) is 14.5 Å². The summed E-state index contributed by atoms with van der Waals surface area (Å²) in [5, 5.41) is 10.8. The average molecular weight is 921 g/mol. The van der Waals surface area contributed by atoms with E-state index in [0.717, 1.165) is 63.1 Å². The molecular formula is C50H59ClFN9O5. The molecule has 0 bridgehead atoms. The summed E-state index contributed by atoms with van der Waals surface area (Å²) in [7, 11) is 0. The molecule has 0 atom stereocenters. The first-order valence-corrected chi connectivity index (χ1v) is 23.6. The van der Waals surface area contributed by atoms with Gasteiger partial charge in [-0.15, -0.1) is 11.6 Å². The SMILES string of the molecule is CC.CCc1cccc(-c2cnc(C(=O)N3CCC(CN4CCN(CC(=O)N5CCN(C(=O)c6cc(Cc7n[nH]c(=O)c8ccccc78)ccc6F)CC5)CC4)CC3)c(NC(=O)CCl)c2)c1. The molecule has 8 rings (SSSR count). The zero-order valence-corrected chi connectivity index (χ0v) is 38.8. The molecular weight excluding hydrogens is 861 g/mol. The first kappa shape index (κ1) is 47.9. The van der Waals surface area contributed by atoms with Crippen LogP contribution in [-0.4, -0.2) is 148 Å². The number of piperidine rings is 1. The standard InChI is InChI=1S/C48H53ClFN9O5.C2H6/c1-2-32-6-5-7-35(24-32)36-27-42(52-43(60)28-49)45(51-29-36)48(64)58-14-12-33(13-15-58)30-55-16-18-56(19-17-55)31-44(61)57-20-22-59(23-21-57)47(63)39-25-34(10-11-40(39)50)26-41-37-8-3-4-9-38(37)46(62)54-53-41;1-2/h3-11,24-25,27,29,33H,2,12-23,26,28,30-31H2,1H3,(H,52,60)(H,54,62);1-2H3. The molecule has 0 radical (unpaired) electrons. The van der Waals surface area contributed by atoms with Gasteiger partial charge in [-0.3, -0.25) is 28.9 Å². The Bertz CT molecular complexity index is 2580. The summed E-state index contributed by atoms with van der Waals surface area (Å²) < 4.78 is 15.1. The fourth-order valence-corrected chi connectivity index (χ4v) is 9.04. The molecule has 14 nitrogen and oxygen atoms in total. The highest BCUT2D eigenvalue weighted by Crippen LogP contribution is 2.28. The number of halogens is 2. The third-order valence-electron chi connectivity index (χ3n) is 12.7. The second-order valence-corrected chi connectivity index (χ2v) is 17.1. The molecule has 0 unspecified atom stereocenters. The largest absolute Gasteiger partial charge is 0.338 e. The number of nitrogens with one attached hydrogen (secondary N) is 2. The zero-order chi connectivity index (χ0) is 46.7. The van der Waals surface area contributed by atoms with Crippen LogP contribution in [0.25, 0.3) is 21.9 Å². The Kier molecular flexibility index (Phi) is 16.3. The van der Waals surface area contributed by atoms with Gasteiger partial charge in [0.1, 0.15) is 11.7 Å². The second-order valence-electron chi connectivity index (χ2n) is 16.9.